The number of nitrogens with zero attached hydrogens (tertiary/aromatic N) is 3. The standard InChI is InChI=1S/C11H19N5O2/c1-9-10(17)13-11(15-14-9)12-3-2-4-16-5-7-18-8-6-16/h2-8H2,1H3,(H2,12,13,15,17). The molecule has 100 valence electrons. The minimum atomic E-state index is -0.194. The molecule has 0 aromatic carbocycles. The van der Waals surface area contributed by atoms with Crippen LogP contribution in [0.25, 0.3) is 0 Å². The predicted molar refractivity (Wildman–Crippen MR) is 67.8 cm³/mol. The third-order valence-corrected chi connectivity index (χ3v) is 2.91. The van der Waals surface area contributed by atoms with Crippen LogP contribution in [0, 0.1) is 6.92 Å². The molecule has 7 heteroatoms. The molecule has 0 spiro atoms. The van der Waals surface area contributed by atoms with Crippen molar-refractivity contribution in [2.24, 2.45) is 0 Å². The molecule has 1 aromatic heterocycles. The zero-order valence-corrected chi connectivity index (χ0v) is 10.6. The third kappa shape index (κ3) is 3.78. The van der Waals surface area contributed by atoms with Gasteiger partial charge >= 0.3 is 0 Å². The van der Waals surface area contributed by atoms with Gasteiger partial charge < -0.3 is 10.1 Å². The van der Waals surface area contributed by atoms with Crippen LogP contribution in [-0.2, 0) is 4.74 Å². The second-order valence-corrected chi connectivity index (χ2v) is 4.32. The van der Waals surface area contributed by atoms with Crippen LogP contribution in [0.15, 0.2) is 4.79 Å². The normalized spacial score (nSPS) is 16.7. The lowest BCUT2D eigenvalue weighted by molar-refractivity contribution is 0.0378. The van der Waals surface area contributed by atoms with E-state index in [4.69, 9.17) is 4.74 Å². The number of aromatic nitrogens is 3. The molecule has 1 saturated heterocycles. The predicted octanol–water partition coefficient (Wildman–Crippen LogP) is -0.392. The largest absolute Gasteiger partial charge is 0.379 e. The molecule has 2 N–H and O–H groups in total. The summed E-state index contributed by atoms with van der Waals surface area (Å²) in [4.78, 5) is 16.3. The van der Waals surface area contributed by atoms with Crippen LogP contribution in [0.2, 0.25) is 0 Å². The monoisotopic (exact) mass is 253 g/mol. The third-order valence-electron chi connectivity index (χ3n) is 2.91. The molecular formula is C11H19N5O2. The number of hydrogen-bond donors (Lipinski definition) is 2. The Morgan fingerprint density at radius 3 is 2.89 bits per heavy atom. The first-order valence-corrected chi connectivity index (χ1v) is 6.23. The molecule has 0 unspecified atom stereocenters. The molecule has 1 aliphatic rings. The number of nitrogens with one attached hydrogen (secondary N) is 2. The minimum Gasteiger partial charge on any atom is -0.379 e. The molecule has 0 radical (unpaired) electrons. The molecule has 7 nitrogen and oxygen atoms in total. The van der Waals surface area contributed by atoms with Crippen LogP contribution in [0.3, 0.4) is 0 Å². The van der Waals surface area contributed by atoms with Crippen molar-refractivity contribution in [2.45, 2.75) is 13.3 Å². The summed E-state index contributed by atoms with van der Waals surface area (Å²) in [5.74, 6) is 0.438. The van der Waals surface area contributed by atoms with Crippen molar-refractivity contribution in [3.05, 3.63) is 16.0 Å². The molecule has 0 saturated carbocycles. The Kier molecular flexibility index (Phi) is 4.66. The van der Waals surface area contributed by atoms with Gasteiger partial charge in [0.25, 0.3) is 5.56 Å². The average molecular weight is 253 g/mol. The highest BCUT2D eigenvalue weighted by Crippen LogP contribution is 1.98. The Balaban J connectivity index is 1.68. The summed E-state index contributed by atoms with van der Waals surface area (Å²) in [7, 11) is 0. The molecule has 1 aromatic rings. The summed E-state index contributed by atoms with van der Waals surface area (Å²) in [5, 5.41) is 10.7. The fraction of sp³-hybridized carbons (Fsp3) is 0.727. The summed E-state index contributed by atoms with van der Waals surface area (Å²) < 4.78 is 5.28. The molecule has 2 rings (SSSR count). The molecule has 2 heterocycles. The molecule has 0 aliphatic carbocycles. The van der Waals surface area contributed by atoms with Crippen LogP contribution in [0.1, 0.15) is 12.1 Å². The molecule has 0 atom stereocenters. The van der Waals surface area contributed by atoms with E-state index in [0.717, 1.165) is 45.8 Å². The number of rotatable bonds is 5. The SMILES string of the molecule is Cc1nnc(NCCCN2CCOCC2)[nH]c1=O. The summed E-state index contributed by atoms with van der Waals surface area (Å²) in [6.07, 6.45) is 0.998. The highest BCUT2D eigenvalue weighted by atomic mass is 16.5. The van der Waals surface area contributed by atoms with Crippen LogP contribution in [0.4, 0.5) is 5.95 Å². The number of anilines is 1. The van der Waals surface area contributed by atoms with Crippen molar-refractivity contribution in [3.8, 4) is 0 Å². The first-order valence-electron chi connectivity index (χ1n) is 6.23. The molecule has 1 fully saturated rings. The second kappa shape index (κ2) is 6.46. The molecule has 1 aliphatic heterocycles. The summed E-state index contributed by atoms with van der Waals surface area (Å²) in [5.41, 5.74) is 0.189. The summed E-state index contributed by atoms with van der Waals surface area (Å²) >= 11 is 0. The van der Waals surface area contributed by atoms with Crippen LogP contribution in [0.5, 0.6) is 0 Å². The second-order valence-electron chi connectivity index (χ2n) is 4.32. The lowest BCUT2D eigenvalue weighted by Gasteiger charge is -2.26. The molecule has 0 amide bonds. The topological polar surface area (TPSA) is 83.1 Å². The van der Waals surface area contributed by atoms with Crippen LogP contribution in [-0.4, -0.2) is 59.5 Å². The first kappa shape index (κ1) is 13.0. The van der Waals surface area contributed by atoms with Gasteiger partial charge in [0.15, 0.2) is 0 Å². The fourth-order valence-corrected chi connectivity index (χ4v) is 1.81. The van der Waals surface area contributed by atoms with E-state index in [1.165, 1.54) is 0 Å². The minimum absolute atomic E-state index is 0.194. The van der Waals surface area contributed by atoms with Crippen molar-refractivity contribution >= 4 is 5.95 Å². The number of aromatic amines is 1. The quantitative estimate of drug-likeness (QED) is 0.695. The highest BCUT2D eigenvalue weighted by molar-refractivity contribution is 5.20. The van der Waals surface area contributed by atoms with E-state index in [-0.39, 0.29) is 5.56 Å². The molecule has 0 bridgehead atoms. The molecular weight excluding hydrogens is 234 g/mol. The number of H-pyrrole nitrogens is 1. The Hall–Kier alpha value is -1.47. The van der Waals surface area contributed by atoms with Crippen molar-refractivity contribution in [2.75, 3.05) is 44.7 Å². The van der Waals surface area contributed by atoms with Gasteiger partial charge in [-0.05, 0) is 19.9 Å². The van der Waals surface area contributed by atoms with Crippen LogP contribution >= 0.6 is 0 Å². The van der Waals surface area contributed by atoms with E-state index < -0.39 is 0 Å². The first-order chi connectivity index (χ1) is 8.75. The summed E-state index contributed by atoms with van der Waals surface area (Å²) in [6.45, 7) is 7.08. The Morgan fingerprint density at radius 2 is 2.17 bits per heavy atom. The van der Waals surface area contributed by atoms with E-state index in [1.54, 1.807) is 6.92 Å². The maximum atomic E-state index is 11.3. The molecule has 18 heavy (non-hydrogen) atoms. The average Bonchev–Trinajstić information content (AvgIpc) is 2.40. The van der Waals surface area contributed by atoms with Crippen LogP contribution < -0.4 is 10.9 Å². The van der Waals surface area contributed by atoms with Gasteiger partial charge in [-0.1, -0.05) is 0 Å². The van der Waals surface area contributed by atoms with E-state index in [0.29, 0.717) is 11.6 Å². The van der Waals surface area contributed by atoms with Crippen molar-refractivity contribution in [3.63, 3.8) is 0 Å². The van der Waals surface area contributed by atoms with Crippen molar-refractivity contribution in [1.29, 1.82) is 0 Å². The Morgan fingerprint density at radius 1 is 1.39 bits per heavy atom. The Labute approximate surface area is 106 Å². The zero-order valence-electron chi connectivity index (χ0n) is 10.6. The van der Waals surface area contributed by atoms with E-state index >= 15 is 0 Å². The highest BCUT2D eigenvalue weighted by Gasteiger charge is 2.09. The number of morpholine rings is 1. The maximum Gasteiger partial charge on any atom is 0.273 e. The van der Waals surface area contributed by atoms with E-state index in [1.807, 2.05) is 0 Å². The van der Waals surface area contributed by atoms with Gasteiger partial charge in [-0.25, -0.2) is 0 Å². The van der Waals surface area contributed by atoms with Crippen molar-refractivity contribution < 1.29 is 4.74 Å². The number of aryl methyl sites for hydroxylation is 1. The van der Waals surface area contributed by atoms with Gasteiger partial charge in [-0.15, -0.1) is 10.2 Å². The lowest BCUT2D eigenvalue weighted by atomic mass is 10.3. The summed E-state index contributed by atoms with van der Waals surface area (Å²) in [6, 6.07) is 0. The van der Waals surface area contributed by atoms with Gasteiger partial charge in [0.2, 0.25) is 5.95 Å². The lowest BCUT2D eigenvalue weighted by Crippen LogP contribution is -2.37. The van der Waals surface area contributed by atoms with Gasteiger partial charge in [0, 0.05) is 19.6 Å². The van der Waals surface area contributed by atoms with Gasteiger partial charge in [-0.2, -0.15) is 0 Å². The fourth-order valence-electron chi connectivity index (χ4n) is 1.81. The number of hydrogen-bond acceptors (Lipinski definition) is 6. The number of ether oxygens (including phenoxy) is 1. The van der Waals surface area contributed by atoms with Crippen molar-refractivity contribution in [1.82, 2.24) is 20.1 Å². The smallest absolute Gasteiger partial charge is 0.273 e. The van der Waals surface area contributed by atoms with E-state index in [2.05, 4.69) is 25.4 Å². The van der Waals surface area contributed by atoms with E-state index in [9.17, 15) is 4.79 Å². The zero-order chi connectivity index (χ0) is 12.8. The van der Waals surface area contributed by atoms with Gasteiger partial charge in [0.1, 0.15) is 5.69 Å². The van der Waals surface area contributed by atoms with Gasteiger partial charge in [0.05, 0.1) is 13.2 Å². The maximum absolute atomic E-state index is 11.3. The Bertz CT molecular complexity index is 428. The van der Waals surface area contributed by atoms with Gasteiger partial charge in [-0.3, -0.25) is 14.7 Å².